The average molecular weight is 296 g/mol. The maximum atomic E-state index is 12.1. The molecule has 6 heteroatoms. The van der Waals surface area contributed by atoms with Gasteiger partial charge in [0.2, 0.25) is 0 Å². The quantitative estimate of drug-likeness (QED) is 0.895. The van der Waals surface area contributed by atoms with E-state index in [1.54, 1.807) is 11.3 Å². The van der Waals surface area contributed by atoms with Crippen LogP contribution in [0.2, 0.25) is 0 Å². The summed E-state index contributed by atoms with van der Waals surface area (Å²) < 4.78 is 0. The number of amides is 2. The largest absolute Gasteiger partial charge is 0.480 e. The first-order valence-corrected chi connectivity index (χ1v) is 7.61. The van der Waals surface area contributed by atoms with Gasteiger partial charge in [-0.1, -0.05) is 19.9 Å². The molecule has 20 heavy (non-hydrogen) atoms. The monoisotopic (exact) mass is 296 g/mol. The van der Waals surface area contributed by atoms with E-state index >= 15 is 0 Å². The molecule has 1 fully saturated rings. The van der Waals surface area contributed by atoms with E-state index in [9.17, 15) is 9.59 Å². The Morgan fingerprint density at radius 2 is 2.30 bits per heavy atom. The molecule has 0 bridgehead atoms. The molecule has 1 atom stereocenters. The van der Waals surface area contributed by atoms with Gasteiger partial charge in [0, 0.05) is 23.4 Å². The van der Waals surface area contributed by atoms with Gasteiger partial charge in [-0.2, -0.15) is 0 Å². The first-order valence-electron chi connectivity index (χ1n) is 6.73. The van der Waals surface area contributed by atoms with E-state index < -0.39 is 12.0 Å². The molecule has 1 aliphatic heterocycles. The molecule has 1 saturated heterocycles. The molecule has 0 aromatic carbocycles. The van der Waals surface area contributed by atoms with Gasteiger partial charge in [-0.15, -0.1) is 11.3 Å². The van der Waals surface area contributed by atoms with Gasteiger partial charge >= 0.3 is 12.0 Å². The summed E-state index contributed by atoms with van der Waals surface area (Å²) in [6.45, 7) is 5.15. The van der Waals surface area contributed by atoms with Crippen molar-refractivity contribution in [2.75, 3.05) is 13.1 Å². The van der Waals surface area contributed by atoms with Crippen LogP contribution >= 0.6 is 11.3 Å². The molecular weight excluding hydrogens is 276 g/mol. The zero-order valence-corrected chi connectivity index (χ0v) is 12.6. The van der Waals surface area contributed by atoms with E-state index in [1.165, 1.54) is 9.78 Å². The highest BCUT2D eigenvalue weighted by Crippen LogP contribution is 2.27. The van der Waals surface area contributed by atoms with Crippen molar-refractivity contribution in [3.05, 3.63) is 22.4 Å². The fraction of sp³-hybridized carbons (Fsp3) is 0.571. The Morgan fingerprint density at radius 3 is 2.90 bits per heavy atom. The summed E-state index contributed by atoms with van der Waals surface area (Å²) in [5.41, 5.74) is -0.151. The summed E-state index contributed by atoms with van der Waals surface area (Å²) >= 11 is 1.66. The lowest BCUT2D eigenvalue weighted by atomic mass is 9.91. The summed E-state index contributed by atoms with van der Waals surface area (Å²) in [6.07, 6.45) is 1.29. The van der Waals surface area contributed by atoms with Gasteiger partial charge in [-0.05, 0) is 24.3 Å². The number of nitrogens with zero attached hydrogens (tertiary/aromatic N) is 1. The van der Waals surface area contributed by atoms with Crippen LogP contribution in [0.4, 0.5) is 4.79 Å². The molecule has 0 saturated carbocycles. The highest BCUT2D eigenvalue weighted by molar-refractivity contribution is 7.10. The lowest BCUT2D eigenvalue weighted by Gasteiger charge is -2.27. The summed E-state index contributed by atoms with van der Waals surface area (Å²) in [5, 5.41) is 14.0. The molecule has 5 nitrogen and oxygen atoms in total. The fourth-order valence-corrected chi connectivity index (χ4v) is 3.27. The van der Waals surface area contributed by atoms with Crippen LogP contribution in [0.15, 0.2) is 17.5 Å². The second kappa shape index (κ2) is 5.83. The zero-order valence-electron chi connectivity index (χ0n) is 11.8. The number of thiophene rings is 1. The maximum Gasteiger partial charge on any atom is 0.326 e. The lowest BCUT2D eigenvalue weighted by molar-refractivity contribution is -0.141. The van der Waals surface area contributed by atoms with E-state index in [2.05, 4.69) is 19.2 Å². The van der Waals surface area contributed by atoms with Gasteiger partial charge in [0.15, 0.2) is 0 Å². The first-order chi connectivity index (χ1) is 9.42. The van der Waals surface area contributed by atoms with Crippen molar-refractivity contribution in [3.63, 3.8) is 0 Å². The third-order valence-corrected chi connectivity index (χ3v) is 4.90. The number of hydrogen-bond acceptors (Lipinski definition) is 3. The Bertz CT molecular complexity index is 485. The highest BCUT2D eigenvalue weighted by Gasteiger charge is 2.34. The molecule has 0 aliphatic carbocycles. The molecule has 1 aromatic rings. The van der Waals surface area contributed by atoms with Crippen molar-refractivity contribution in [1.29, 1.82) is 0 Å². The number of rotatable bonds is 4. The molecule has 0 radical (unpaired) electrons. The molecule has 1 aliphatic rings. The summed E-state index contributed by atoms with van der Waals surface area (Å²) in [6, 6.07) is 3.08. The van der Waals surface area contributed by atoms with Crippen molar-refractivity contribution < 1.29 is 14.7 Å². The molecule has 2 rings (SSSR count). The van der Waals surface area contributed by atoms with Crippen LogP contribution in [-0.2, 0) is 10.2 Å². The van der Waals surface area contributed by atoms with Gasteiger partial charge < -0.3 is 15.3 Å². The van der Waals surface area contributed by atoms with E-state index in [-0.39, 0.29) is 11.4 Å². The molecule has 2 N–H and O–H groups in total. The lowest BCUT2D eigenvalue weighted by Crippen LogP contribution is -2.48. The SMILES string of the molecule is CC(C)(CNC(=O)N1CCCC1C(=O)O)c1cccs1. The minimum Gasteiger partial charge on any atom is -0.480 e. The third kappa shape index (κ3) is 3.12. The number of likely N-dealkylation sites (tertiary alicyclic amines) is 1. The number of urea groups is 1. The Hall–Kier alpha value is -1.56. The summed E-state index contributed by atoms with van der Waals surface area (Å²) in [4.78, 5) is 25.8. The topological polar surface area (TPSA) is 69.6 Å². The van der Waals surface area contributed by atoms with Crippen LogP contribution in [0.25, 0.3) is 0 Å². The first kappa shape index (κ1) is 14.8. The third-order valence-electron chi connectivity index (χ3n) is 3.67. The molecule has 2 heterocycles. The normalized spacial score (nSPS) is 19.1. The molecule has 1 unspecified atom stereocenters. The van der Waals surface area contributed by atoms with Crippen LogP contribution in [0.5, 0.6) is 0 Å². The Kier molecular flexibility index (Phi) is 4.32. The molecule has 110 valence electrons. The fourth-order valence-electron chi connectivity index (χ4n) is 2.42. The van der Waals surface area contributed by atoms with Crippen LogP contribution in [0, 0.1) is 0 Å². The van der Waals surface area contributed by atoms with Crippen LogP contribution in [0.3, 0.4) is 0 Å². The van der Waals surface area contributed by atoms with Crippen LogP contribution in [0.1, 0.15) is 31.6 Å². The van der Waals surface area contributed by atoms with Crippen molar-refractivity contribution in [2.24, 2.45) is 0 Å². The predicted molar refractivity (Wildman–Crippen MR) is 78.1 cm³/mol. The van der Waals surface area contributed by atoms with Crippen molar-refractivity contribution in [3.8, 4) is 0 Å². The van der Waals surface area contributed by atoms with Crippen LogP contribution in [-0.4, -0.2) is 41.1 Å². The van der Waals surface area contributed by atoms with E-state index in [0.29, 0.717) is 19.5 Å². The van der Waals surface area contributed by atoms with Gasteiger partial charge in [-0.25, -0.2) is 9.59 Å². The number of carboxylic acid groups (broad SMARTS) is 1. The van der Waals surface area contributed by atoms with Gasteiger partial charge in [-0.3, -0.25) is 0 Å². The van der Waals surface area contributed by atoms with Crippen LogP contribution < -0.4 is 5.32 Å². The predicted octanol–water partition coefficient (Wildman–Crippen LogP) is 2.28. The number of nitrogens with one attached hydrogen (secondary N) is 1. The minimum absolute atomic E-state index is 0.151. The highest BCUT2D eigenvalue weighted by atomic mass is 32.1. The van der Waals surface area contributed by atoms with Crippen molar-refractivity contribution in [1.82, 2.24) is 10.2 Å². The Balaban J connectivity index is 1.94. The molecule has 2 amide bonds. The number of carboxylic acids is 1. The van der Waals surface area contributed by atoms with E-state index in [4.69, 9.17) is 5.11 Å². The number of hydrogen-bond donors (Lipinski definition) is 2. The smallest absolute Gasteiger partial charge is 0.326 e. The van der Waals surface area contributed by atoms with Gasteiger partial charge in [0.1, 0.15) is 6.04 Å². The molecular formula is C14H20N2O3S. The maximum absolute atomic E-state index is 12.1. The Labute approximate surface area is 122 Å². The van der Waals surface area contributed by atoms with Gasteiger partial charge in [0.05, 0.1) is 0 Å². The van der Waals surface area contributed by atoms with Crippen molar-refractivity contribution in [2.45, 2.75) is 38.1 Å². The van der Waals surface area contributed by atoms with E-state index in [0.717, 1.165) is 6.42 Å². The van der Waals surface area contributed by atoms with Crippen molar-refractivity contribution >= 4 is 23.3 Å². The van der Waals surface area contributed by atoms with Gasteiger partial charge in [0.25, 0.3) is 0 Å². The molecule has 0 spiro atoms. The average Bonchev–Trinajstić information content (AvgIpc) is 3.06. The minimum atomic E-state index is -0.921. The summed E-state index contributed by atoms with van der Waals surface area (Å²) in [5.74, 6) is -0.921. The second-order valence-electron chi connectivity index (χ2n) is 5.71. The van der Waals surface area contributed by atoms with E-state index in [1.807, 2.05) is 17.5 Å². The number of carbonyl (C=O) groups is 2. The zero-order chi connectivity index (χ0) is 14.8. The second-order valence-corrected chi connectivity index (χ2v) is 6.66. The number of aliphatic carboxylic acids is 1. The Morgan fingerprint density at radius 1 is 1.55 bits per heavy atom. The number of carbonyl (C=O) groups excluding carboxylic acids is 1. The molecule has 1 aromatic heterocycles. The standard InChI is InChI=1S/C14H20N2O3S/c1-14(2,11-6-4-8-20-11)9-15-13(19)16-7-3-5-10(16)12(17)18/h4,6,8,10H,3,5,7,9H2,1-2H3,(H,15,19)(H,17,18). The summed E-state index contributed by atoms with van der Waals surface area (Å²) in [7, 11) is 0.